The lowest BCUT2D eigenvalue weighted by atomic mass is 9.87. The van der Waals surface area contributed by atoms with E-state index in [1.165, 1.54) is 12.5 Å². The van der Waals surface area contributed by atoms with Crippen molar-refractivity contribution < 1.29 is 4.79 Å². The van der Waals surface area contributed by atoms with Crippen molar-refractivity contribution in [1.29, 1.82) is 0 Å². The standard InChI is InChI=1S/C22H25N5O/c1-15(28)24-18-6-5-7-19(14-18)26-21-23-13-12-20(27-21)25-17-10-8-16(9-11-17)22(2,3)4/h5-14H,1-4H3,(H,24,28)(H2,23,25,26,27). The highest BCUT2D eigenvalue weighted by Crippen LogP contribution is 2.25. The first kappa shape index (κ1) is 19.4. The number of hydrogen-bond donors (Lipinski definition) is 3. The monoisotopic (exact) mass is 375 g/mol. The molecule has 1 amide bonds. The maximum Gasteiger partial charge on any atom is 0.229 e. The molecule has 1 aromatic heterocycles. The SMILES string of the molecule is CC(=O)Nc1cccc(Nc2nccc(Nc3ccc(C(C)(C)C)cc3)n2)c1. The number of carbonyl (C=O) groups excluding carboxylic acids is 1. The van der Waals surface area contributed by atoms with Crippen LogP contribution in [0.4, 0.5) is 28.8 Å². The first-order valence-electron chi connectivity index (χ1n) is 9.15. The molecule has 0 aliphatic heterocycles. The molecule has 6 nitrogen and oxygen atoms in total. The third kappa shape index (κ3) is 5.30. The number of benzene rings is 2. The largest absolute Gasteiger partial charge is 0.340 e. The van der Waals surface area contributed by atoms with E-state index < -0.39 is 0 Å². The Labute approximate surface area is 165 Å². The van der Waals surface area contributed by atoms with Crippen LogP contribution in [0.3, 0.4) is 0 Å². The van der Waals surface area contributed by atoms with Crippen molar-refractivity contribution >= 4 is 34.7 Å². The molecule has 2 aromatic carbocycles. The molecular formula is C22H25N5O. The van der Waals surface area contributed by atoms with Crippen LogP contribution in [-0.4, -0.2) is 15.9 Å². The zero-order valence-electron chi connectivity index (χ0n) is 16.6. The Kier molecular flexibility index (Phi) is 5.59. The van der Waals surface area contributed by atoms with E-state index in [1.54, 1.807) is 6.20 Å². The lowest BCUT2D eigenvalue weighted by Crippen LogP contribution is -2.10. The fraction of sp³-hybridized carbons (Fsp3) is 0.227. The topological polar surface area (TPSA) is 78.9 Å². The van der Waals surface area contributed by atoms with Gasteiger partial charge in [-0.2, -0.15) is 4.98 Å². The van der Waals surface area contributed by atoms with Gasteiger partial charge in [-0.25, -0.2) is 4.98 Å². The van der Waals surface area contributed by atoms with Crippen molar-refractivity contribution in [2.75, 3.05) is 16.0 Å². The Balaban J connectivity index is 1.71. The normalized spacial score (nSPS) is 11.0. The predicted molar refractivity (Wildman–Crippen MR) is 114 cm³/mol. The zero-order valence-corrected chi connectivity index (χ0v) is 16.6. The smallest absolute Gasteiger partial charge is 0.229 e. The van der Waals surface area contributed by atoms with Gasteiger partial charge in [-0.1, -0.05) is 39.0 Å². The molecule has 3 N–H and O–H groups in total. The van der Waals surface area contributed by atoms with Crippen LogP contribution in [0.15, 0.2) is 60.8 Å². The van der Waals surface area contributed by atoms with Crippen molar-refractivity contribution in [2.24, 2.45) is 0 Å². The summed E-state index contributed by atoms with van der Waals surface area (Å²) in [6.45, 7) is 8.06. The van der Waals surface area contributed by atoms with Crippen LogP contribution < -0.4 is 16.0 Å². The minimum absolute atomic E-state index is 0.114. The second-order valence-corrected chi connectivity index (χ2v) is 7.60. The van der Waals surface area contributed by atoms with E-state index in [2.05, 4.69) is 58.8 Å². The molecule has 0 saturated carbocycles. The molecule has 0 atom stereocenters. The van der Waals surface area contributed by atoms with Gasteiger partial charge >= 0.3 is 0 Å². The lowest BCUT2D eigenvalue weighted by Gasteiger charge is -2.19. The number of aromatic nitrogens is 2. The quantitative estimate of drug-likeness (QED) is 0.570. The number of anilines is 5. The number of nitrogens with zero attached hydrogens (tertiary/aromatic N) is 2. The molecule has 3 aromatic rings. The van der Waals surface area contributed by atoms with Crippen LogP contribution >= 0.6 is 0 Å². The van der Waals surface area contributed by atoms with Crippen molar-refractivity contribution in [1.82, 2.24) is 9.97 Å². The highest BCUT2D eigenvalue weighted by Gasteiger charge is 2.12. The summed E-state index contributed by atoms with van der Waals surface area (Å²) in [5, 5.41) is 9.22. The van der Waals surface area contributed by atoms with Crippen molar-refractivity contribution in [3.05, 3.63) is 66.4 Å². The second kappa shape index (κ2) is 8.08. The molecule has 3 rings (SSSR count). The maximum absolute atomic E-state index is 11.2. The van der Waals surface area contributed by atoms with E-state index in [9.17, 15) is 4.79 Å². The van der Waals surface area contributed by atoms with Gasteiger partial charge in [0.2, 0.25) is 11.9 Å². The first-order valence-corrected chi connectivity index (χ1v) is 9.15. The second-order valence-electron chi connectivity index (χ2n) is 7.60. The van der Waals surface area contributed by atoms with E-state index in [-0.39, 0.29) is 11.3 Å². The van der Waals surface area contributed by atoms with E-state index in [1.807, 2.05) is 42.5 Å². The van der Waals surface area contributed by atoms with E-state index in [4.69, 9.17) is 0 Å². The van der Waals surface area contributed by atoms with Gasteiger partial charge < -0.3 is 16.0 Å². The van der Waals surface area contributed by atoms with Gasteiger partial charge in [-0.3, -0.25) is 4.79 Å². The fourth-order valence-electron chi connectivity index (χ4n) is 2.70. The molecule has 144 valence electrons. The summed E-state index contributed by atoms with van der Waals surface area (Å²) < 4.78 is 0. The minimum atomic E-state index is -0.114. The van der Waals surface area contributed by atoms with Gasteiger partial charge in [-0.15, -0.1) is 0 Å². The maximum atomic E-state index is 11.2. The molecule has 0 radical (unpaired) electrons. The Bertz CT molecular complexity index is 961. The molecule has 0 aliphatic rings. The zero-order chi connectivity index (χ0) is 20.1. The summed E-state index contributed by atoms with van der Waals surface area (Å²) in [6, 6.07) is 17.6. The van der Waals surface area contributed by atoms with Crippen LogP contribution in [0.1, 0.15) is 33.3 Å². The summed E-state index contributed by atoms with van der Waals surface area (Å²) >= 11 is 0. The molecule has 0 bridgehead atoms. The van der Waals surface area contributed by atoms with Crippen LogP contribution in [0, 0.1) is 0 Å². The van der Waals surface area contributed by atoms with Crippen LogP contribution in [-0.2, 0) is 10.2 Å². The molecule has 28 heavy (non-hydrogen) atoms. The third-order valence-corrected chi connectivity index (χ3v) is 4.12. The summed E-state index contributed by atoms with van der Waals surface area (Å²) in [6.07, 6.45) is 1.69. The Hall–Kier alpha value is -3.41. The molecule has 0 saturated heterocycles. The van der Waals surface area contributed by atoms with Crippen molar-refractivity contribution in [2.45, 2.75) is 33.1 Å². The van der Waals surface area contributed by atoms with E-state index >= 15 is 0 Å². The average Bonchev–Trinajstić information content (AvgIpc) is 2.61. The average molecular weight is 375 g/mol. The Morgan fingerprint density at radius 1 is 0.893 bits per heavy atom. The predicted octanol–water partition coefficient (Wildman–Crippen LogP) is 5.22. The highest BCUT2D eigenvalue weighted by molar-refractivity contribution is 5.89. The molecule has 6 heteroatoms. The number of hydrogen-bond acceptors (Lipinski definition) is 5. The summed E-state index contributed by atoms with van der Waals surface area (Å²) in [5.74, 6) is 1.05. The Morgan fingerprint density at radius 3 is 2.29 bits per heavy atom. The Morgan fingerprint density at radius 2 is 1.61 bits per heavy atom. The minimum Gasteiger partial charge on any atom is -0.340 e. The van der Waals surface area contributed by atoms with Crippen molar-refractivity contribution in [3.8, 4) is 0 Å². The molecule has 0 unspecified atom stereocenters. The van der Waals surface area contributed by atoms with Crippen LogP contribution in [0.5, 0.6) is 0 Å². The summed E-state index contributed by atoms with van der Waals surface area (Å²) in [7, 11) is 0. The van der Waals surface area contributed by atoms with Gasteiger partial charge in [-0.05, 0) is 47.4 Å². The van der Waals surface area contributed by atoms with Crippen molar-refractivity contribution in [3.63, 3.8) is 0 Å². The van der Waals surface area contributed by atoms with E-state index in [0.717, 1.165) is 11.4 Å². The molecule has 0 fully saturated rings. The number of carbonyl (C=O) groups is 1. The first-order chi connectivity index (χ1) is 13.3. The molecule has 1 heterocycles. The number of rotatable bonds is 5. The van der Waals surface area contributed by atoms with Gasteiger partial charge in [0.25, 0.3) is 0 Å². The van der Waals surface area contributed by atoms with Gasteiger partial charge in [0.15, 0.2) is 0 Å². The molecular weight excluding hydrogens is 350 g/mol. The van der Waals surface area contributed by atoms with E-state index in [0.29, 0.717) is 17.5 Å². The van der Waals surface area contributed by atoms with Crippen LogP contribution in [0.2, 0.25) is 0 Å². The fourth-order valence-corrected chi connectivity index (χ4v) is 2.70. The lowest BCUT2D eigenvalue weighted by molar-refractivity contribution is -0.114. The summed E-state index contributed by atoms with van der Waals surface area (Å²) in [4.78, 5) is 20.0. The van der Waals surface area contributed by atoms with Gasteiger partial charge in [0.05, 0.1) is 0 Å². The summed E-state index contributed by atoms with van der Waals surface area (Å²) in [5.41, 5.74) is 3.87. The highest BCUT2D eigenvalue weighted by atomic mass is 16.1. The van der Waals surface area contributed by atoms with Gasteiger partial charge in [0.1, 0.15) is 5.82 Å². The number of amides is 1. The van der Waals surface area contributed by atoms with Gasteiger partial charge in [0, 0.05) is 30.2 Å². The third-order valence-electron chi connectivity index (χ3n) is 4.12. The molecule has 0 aliphatic carbocycles. The number of nitrogens with one attached hydrogen (secondary N) is 3. The van der Waals surface area contributed by atoms with Crippen LogP contribution in [0.25, 0.3) is 0 Å². The molecule has 0 spiro atoms.